The van der Waals surface area contributed by atoms with Crippen LogP contribution in [0.25, 0.3) is 0 Å². The van der Waals surface area contributed by atoms with Crippen LogP contribution in [-0.4, -0.2) is 5.78 Å². The average molecular weight is 162 g/mol. The third kappa shape index (κ3) is 0.720. The fraction of sp³-hybridized carbons (Fsp3) is 0.727. The number of carbonyl (C=O) groups is 1. The van der Waals surface area contributed by atoms with Gasteiger partial charge in [-0.15, -0.1) is 0 Å². The van der Waals surface area contributed by atoms with Gasteiger partial charge in [-0.3, -0.25) is 4.79 Å². The van der Waals surface area contributed by atoms with Gasteiger partial charge in [0.05, 0.1) is 0 Å². The molecular weight excluding hydrogens is 148 g/mol. The molecule has 0 saturated heterocycles. The van der Waals surface area contributed by atoms with E-state index in [0.29, 0.717) is 24.0 Å². The number of hydrogen-bond donors (Lipinski definition) is 0. The highest BCUT2D eigenvalue weighted by Crippen LogP contribution is 2.54. The number of fused-ring (bicyclic) bond motifs is 5. The summed E-state index contributed by atoms with van der Waals surface area (Å²) < 4.78 is 0. The maximum absolute atomic E-state index is 11.6. The van der Waals surface area contributed by atoms with Gasteiger partial charge in [-0.05, 0) is 37.0 Å². The van der Waals surface area contributed by atoms with Gasteiger partial charge in [-0.25, -0.2) is 0 Å². The highest BCUT2D eigenvalue weighted by atomic mass is 16.1. The summed E-state index contributed by atoms with van der Waals surface area (Å²) in [7, 11) is 0. The molecule has 3 aliphatic rings. The van der Waals surface area contributed by atoms with Gasteiger partial charge in [0.15, 0.2) is 0 Å². The van der Waals surface area contributed by atoms with Crippen LogP contribution in [0, 0.1) is 23.7 Å². The number of carbonyl (C=O) groups excluding carboxylic acids is 1. The van der Waals surface area contributed by atoms with Crippen molar-refractivity contribution in [3.8, 4) is 0 Å². The van der Waals surface area contributed by atoms with Crippen LogP contribution in [0.5, 0.6) is 0 Å². The Bertz CT molecular complexity index is 254. The monoisotopic (exact) mass is 162 g/mol. The molecule has 1 heteroatoms. The molecule has 2 saturated carbocycles. The molecule has 0 heterocycles. The topological polar surface area (TPSA) is 17.1 Å². The SMILES string of the molecule is O=C1CC=CC2C3CCC(C3)C12. The van der Waals surface area contributed by atoms with E-state index in [-0.39, 0.29) is 0 Å². The molecule has 12 heavy (non-hydrogen) atoms. The molecule has 4 atom stereocenters. The molecule has 2 bridgehead atoms. The van der Waals surface area contributed by atoms with Crippen LogP contribution < -0.4 is 0 Å². The van der Waals surface area contributed by atoms with E-state index in [1.54, 1.807) is 0 Å². The Kier molecular flexibility index (Phi) is 1.27. The van der Waals surface area contributed by atoms with Crippen molar-refractivity contribution in [1.29, 1.82) is 0 Å². The van der Waals surface area contributed by atoms with E-state index >= 15 is 0 Å². The molecule has 0 aromatic rings. The third-order valence-corrected chi connectivity index (χ3v) is 4.03. The van der Waals surface area contributed by atoms with Crippen LogP contribution in [0.2, 0.25) is 0 Å². The van der Waals surface area contributed by atoms with E-state index < -0.39 is 0 Å². The summed E-state index contributed by atoms with van der Waals surface area (Å²) >= 11 is 0. The van der Waals surface area contributed by atoms with E-state index in [9.17, 15) is 4.79 Å². The molecule has 0 radical (unpaired) electrons. The quantitative estimate of drug-likeness (QED) is 0.499. The molecule has 0 aromatic carbocycles. The predicted octanol–water partition coefficient (Wildman–Crippen LogP) is 2.18. The Labute approximate surface area is 72.8 Å². The molecular formula is C11H14O. The Morgan fingerprint density at radius 3 is 2.92 bits per heavy atom. The van der Waals surface area contributed by atoms with Crippen molar-refractivity contribution >= 4 is 5.78 Å². The minimum atomic E-state index is 0.439. The highest BCUT2D eigenvalue weighted by Gasteiger charge is 2.49. The van der Waals surface area contributed by atoms with Crippen molar-refractivity contribution in [2.75, 3.05) is 0 Å². The second-order valence-electron chi connectivity index (χ2n) is 4.53. The van der Waals surface area contributed by atoms with Crippen LogP contribution in [-0.2, 0) is 4.79 Å². The highest BCUT2D eigenvalue weighted by molar-refractivity contribution is 5.84. The van der Waals surface area contributed by atoms with Crippen molar-refractivity contribution in [1.82, 2.24) is 0 Å². The standard InChI is InChI=1S/C11H14O/c12-10-3-1-2-9-7-4-5-8(6-7)11(9)10/h1-2,7-9,11H,3-6H2. The van der Waals surface area contributed by atoms with Gasteiger partial charge in [0.1, 0.15) is 5.78 Å². The lowest BCUT2D eigenvalue weighted by Gasteiger charge is -2.30. The van der Waals surface area contributed by atoms with Crippen molar-refractivity contribution in [3.63, 3.8) is 0 Å². The minimum Gasteiger partial charge on any atom is -0.299 e. The first-order valence-corrected chi connectivity index (χ1v) is 5.05. The molecule has 3 aliphatic carbocycles. The summed E-state index contributed by atoms with van der Waals surface area (Å²) in [6.45, 7) is 0. The smallest absolute Gasteiger partial charge is 0.140 e. The summed E-state index contributed by atoms with van der Waals surface area (Å²) in [5.74, 6) is 3.23. The van der Waals surface area contributed by atoms with E-state index in [1.807, 2.05) is 0 Å². The molecule has 3 rings (SSSR count). The summed E-state index contributed by atoms with van der Waals surface area (Å²) in [6.07, 6.45) is 9.16. The average Bonchev–Trinajstić information content (AvgIpc) is 2.64. The largest absolute Gasteiger partial charge is 0.299 e. The van der Waals surface area contributed by atoms with Gasteiger partial charge in [0, 0.05) is 12.3 Å². The number of allylic oxidation sites excluding steroid dienone is 2. The summed E-state index contributed by atoms with van der Waals surface area (Å²) in [6, 6.07) is 0. The lowest BCUT2D eigenvalue weighted by molar-refractivity contribution is -0.125. The van der Waals surface area contributed by atoms with E-state index in [4.69, 9.17) is 0 Å². The van der Waals surface area contributed by atoms with Crippen LogP contribution in [0.3, 0.4) is 0 Å². The van der Waals surface area contributed by atoms with Crippen molar-refractivity contribution in [3.05, 3.63) is 12.2 Å². The summed E-state index contributed by atoms with van der Waals surface area (Å²) in [5, 5.41) is 0. The van der Waals surface area contributed by atoms with Gasteiger partial charge in [0.25, 0.3) is 0 Å². The summed E-state index contributed by atoms with van der Waals surface area (Å²) in [4.78, 5) is 11.6. The number of rotatable bonds is 0. The first-order chi connectivity index (χ1) is 5.86. The lowest BCUT2D eigenvalue weighted by Crippen LogP contribution is -2.30. The van der Waals surface area contributed by atoms with Gasteiger partial charge in [0.2, 0.25) is 0 Å². The van der Waals surface area contributed by atoms with Crippen LogP contribution >= 0.6 is 0 Å². The summed E-state index contributed by atoms with van der Waals surface area (Å²) in [5.41, 5.74) is 0. The molecule has 64 valence electrons. The Morgan fingerprint density at radius 1 is 1.25 bits per heavy atom. The maximum Gasteiger partial charge on any atom is 0.140 e. The molecule has 4 unspecified atom stereocenters. The van der Waals surface area contributed by atoms with Crippen LogP contribution in [0.4, 0.5) is 0 Å². The van der Waals surface area contributed by atoms with Gasteiger partial charge in [-0.1, -0.05) is 12.2 Å². The van der Waals surface area contributed by atoms with Gasteiger partial charge >= 0.3 is 0 Å². The lowest BCUT2D eigenvalue weighted by atomic mass is 9.73. The molecule has 0 amide bonds. The number of Topliss-reactive ketones (excluding diaryl/α,β-unsaturated/α-hetero) is 1. The fourth-order valence-electron chi connectivity index (χ4n) is 3.57. The predicted molar refractivity (Wildman–Crippen MR) is 46.6 cm³/mol. The number of ketones is 1. The Morgan fingerprint density at radius 2 is 2.08 bits per heavy atom. The van der Waals surface area contributed by atoms with Gasteiger partial charge < -0.3 is 0 Å². The van der Waals surface area contributed by atoms with E-state index in [2.05, 4.69) is 12.2 Å². The first kappa shape index (κ1) is 6.88. The third-order valence-electron chi connectivity index (χ3n) is 4.03. The molecule has 0 aliphatic heterocycles. The molecule has 0 aromatic heterocycles. The fourth-order valence-corrected chi connectivity index (χ4v) is 3.57. The van der Waals surface area contributed by atoms with E-state index in [0.717, 1.165) is 11.8 Å². The minimum absolute atomic E-state index is 0.439. The molecule has 0 spiro atoms. The van der Waals surface area contributed by atoms with E-state index in [1.165, 1.54) is 19.3 Å². The molecule has 2 fully saturated rings. The normalized spacial score (nSPS) is 49.8. The molecule has 0 N–H and O–H groups in total. The van der Waals surface area contributed by atoms with Gasteiger partial charge in [-0.2, -0.15) is 0 Å². The Balaban J connectivity index is 1.99. The van der Waals surface area contributed by atoms with Crippen LogP contribution in [0.15, 0.2) is 12.2 Å². The van der Waals surface area contributed by atoms with Crippen molar-refractivity contribution in [2.24, 2.45) is 23.7 Å². The zero-order valence-electron chi connectivity index (χ0n) is 7.20. The van der Waals surface area contributed by atoms with Crippen molar-refractivity contribution < 1.29 is 4.79 Å². The Hall–Kier alpha value is -0.590. The second-order valence-corrected chi connectivity index (χ2v) is 4.53. The number of hydrogen-bond acceptors (Lipinski definition) is 1. The van der Waals surface area contributed by atoms with Crippen LogP contribution in [0.1, 0.15) is 25.7 Å². The zero-order valence-corrected chi connectivity index (χ0v) is 7.20. The second kappa shape index (κ2) is 2.21. The van der Waals surface area contributed by atoms with Crippen molar-refractivity contribution in [2.45, 2.75) is 25.7 Å². The maximum atomic E-state index is 11.6. The first-order valence-electron chi connectivity index (χ1n) is 5.05. The zero-order chi connectivity index (χ0) is 8.13. The molecule has 1 nitrogen and oxygen atoms in total.